The summed E-state index contributed by atoms with van der Waals surface area (Å²) in [5.74, 6) is 0.909. The summed E-state index contributed by atoms with van der Waals surface area (Å²) in [7, 11) is 0. The molecule has 0 spiro atoms. The summed E-state index contributed by atoms with van der Waals surface area (Å²) < 4.78 is 5.15. The second-order valence-electron chi connectivity index (χ2n) is 6.00. The van der Waals surface area contributed by atoms with Crippen LogP contribution in [-0.4, -0.2) is 50.5 Å². The number of carboxylic acid groups (broad SMARTS) is 1. The Hall–Kier alpha value is -1.74. The lowest BCUT2D eigenvalue weighted by Gasteiger charge is -2.32. The quantitative estimate of drug-likeness (QED) is 0.689. The average Bonchev–Trinajstić information content (AvgIpc) is 2.51. The normalized spacial score (nSPS) is 30.8. The number of aliphatic hydroxyl groups is 1. The van der Waals surface area contributed by atoms with Crippen LogP contribution in [0.2, 0.25) is 0 Å². The number of hydrogen-bond donors (Lipinski definition) is 2. The summed E-state index contributed by atoms with van der Waals surface area (Å²) in [5.41, 5.74) is -3.99. The van der Waals surface area contributed by atoms with Gasteiger partial charge in [0, 0.05) is 6.42 Å². The summed E-state index contributed by atoms with van der Waals surface area (Å²) in [6.07, 6.45) is 4.17. The molecule has 6 heteroatoms. The molecule has 0 radical (unpaired) electrons. The lowest BCUT2D eigenvalue weighted by atomic mass is 9.92. The predicted molar refractivity (Wildman–Crippen MR) is 67.4 cm³/mol. The van der Waals surface area contributed by atoms with E-state index in [1.165, 1.54) is 6.92 Å². The Balaban J connectivity index is 3.07. The molecule has 1 amide bonds. The Bertz CT molecular complexity index is 447. The predicted octanol–water partition coefficient (Wildman–Crippen LogP) is 0.835. The summed E-state index contributed by atoms with van der Waals surface area (Å²) in [6, 6.07) is 0. The Labute approximate surface area is 112 Å². The topological polar surface area (TPSA) is 87.1 Å². The van der Waals surface area contributed by atoms with E-state index in [1.807, 2.05) is 0 Å². The van der Waals surface area contributed by atoms with Gasteiger partial charge in [-0.1, -0.05) is 5.92 Å². The molecular formula is C13H19NO5. The van der Waals surface area contributed by atoms with Gasteiger partial charge in [0.2, 0.25) is 0 Å². The van der Waals surface area contributed by atoms with Gasteiger partial charge in [-0.3, -0.25) is 4.90 Å². The van der Waals surface area contributed by atoms with E-state index >= 15 is 0 Å². The van der Waals surface area contributed by atoms with Gasteiger partial charge in [0.15, 0.2) is 0 Å². The van der Waals surface area contributed by atoms with Gasteiger partial charge in [0.25, 0.3) is 0 Å². The van der Waals surface area contributed by atoms with Gasteiger partial charge < -0.3 is 14.9 Å². The van der Waals surface area contributed by atoms with Crippen LogP contribution in [0, 0.1) is 12.3 Å². The number of β-amino-alcohol motifs (C(OH)–C–C–N with tert-alkyl or cyclic N) is 1. The number of carbonyl (C=O) groups is 2. The van der Waals surface area contributed by atoms with Gasteiger partial charge in [-0.2, -0.15) is 0 Å². The molecule has 6 nitrogen and oxygen atoms in total. The molecule has 1 saturated heterocycles. The molecule has 1 rings (SSSR count). The van der Waals surface area contributed by atoms with E-state index in [2.05, 4.69) is 5.92 Å². The van der Waals surface area contributed by atoms with Gasteiger partial charge in [0.05, 0.1) is 6.54 Å². The van der Waals surface area contributed by atoms with Crippen LogP contribution in [0.4, 0.5) is 4.79 Å². The number of ether oxygens (including phenoxy) is 1. The molecule has 106 valence electrons. The van der Waals surface area contributed by atoms with E-state index < -0.39 is 28.8 Å². The molecule has 0 aromatic carbocycles. The SMILES string of the molecule is C#CC1(O)CN(C(=O)OC(C)(C)C)[C@](C)(C(=O)O)C1. The monoisotopic (exact) mass is 269 g/mol. The number of carboxylic acids is 1. The van der Waals surface area contributed by atoms with Crippen LogP contribution in [0.15, 0.2) is 0 Å². The van der Waals surface area contributed by atoms with E-state index in [9.17, 15) is 19.8 Å². The fourth-order valence-electron chi connectivity index (χ4n) is 2.03. The minimum atomic E-state index is -1.65. The molecule has 1 aliphatic heterocycles. The Morgan fingerprint density at radius 1 is 1.42 bits per heavy atom. The van der Waals surface area contributed by atoms with E-state index in [4.69, 9.17) is 11.2 Å². The van der Waals surface area contributed by atoms with E-state index in [0.29, 0.717) is 0 Å². The number of hydrogen-bond acceptors (Lipinski definition) is 4. The van der Waals surface area contributed by atoms with Gasteiger partial charge >= 0.3 is 12.1 Å². The fourth-order valence-corrected chi connectivity index (χ4v) is 2.03. The third-order valence-electron chi connectivity index (χ3n) is 3.00. The molecule has 1 unspecified atom stereocenters. The molecule has 2 N–H and O–H groups in total. The molecule has 1 fully saturated rings. The molecule has 0 aliphatic carbocycles. The number of aliphatic carboxylic acids is 1. The summed E-state index contributed by atoms with van der Waals surface area (Å²) in [4.78, 5) is 24.4. The van der Waals surface area contributed by atoms with Crippen molar-refractivity contribution in [2.24, 2.45) is 0 Å². The Morgan fingerprint density at radius 3 is 2.32 bits per heavy atom. The zero-order chi connectivity index (χ0) is 15.1. The first kappa shape index (κ1) is 15.3. The van der Waals surface area contributed by atoms with Gasteiger partial charge in [0.1, 0.15) is 16.7 Å². The maximum absolute atomic E-state index is 12.0. The van der Waals surface area contributed by atoms with Crippen molar-refractivity contribution < 1.29 is 24.5 Å². The summed E-state index contributed by atoms with van der Waals surface area (Å²) in [6.45, 7) is 6.10. The third kappa shape index (κ3) is 2.99. The van der Waals surface area contributed by atoms with Crippen LogP contribution in [0.25, 0.3) is 0 Å². The van der Waals surface area contributed by atoms with Crippen molar-refractivity contribution in [1.29, 1.82) is 0 Å². The minimum absolute atomic E-state index is 0.231. The number of terminal acetylenes is 1. The number of rotatable bonds is 1. The second kappa shape index (κ2) is 4.42. The standard InChI is InChI=1S/C13H19NO5/c1-6-13(18)7-12(5,9(15)16)14(8-13)10(17)19-11(2,3)4/h1,18H,7-8H2,2-5H3,(H,15,16)/t12-,13?/m0/s1. The van der Waals surface area contributed by atoms with Crippen LogP contribution < -0.4 is 0 Å². The smallest absolute Gasteiger partial charge is 0.411 e. The Morgan fingerprint density at radius 2 is 1.95 bits per heavy atom. The highest BCUT2D eigenvalue weighted by atomic mass is 16.6. The number of amides is 1. The zero-order valence-corrected chi connectivity index (χ0v) is 11.6. The Kier molecular flexibility index (Phi) is 3.57. The molecule has 1 heterocycles. The zero-order valence-electron chi connectivity index (χ0n) is 11.6. The van der Waals surface area contributed by atoms with Crippen LogP contribution in [-0.2, 0) is 9.53 Å². The van der Waals surface area contributed by atoms with Crippen molar-refractivity contribution in [2.75, 3.05) is 6.54 Å². The molecule has 0 bridgehead atoms. The minimum Gasteiger partial charge on any atom is -0.480 e. The largest absolute Gasteiger partial charge is 0.480 e. The van der Waals surface area contributed by atoms with Crippen LogP contribution in [0.1, 0.15) is 34.1 Å². The van der Waals surface area contributed by atoms with Crippen LogP contribution >= 0.6 is 0 Å². The number of nitrogens with zero attached hydrogens (tertiary/aromatic N) is 1. The maximum Gasteiger partial charge on any atom is 0.411 e. The van der Waals surface area contributed by atoms with Crippen molar-refractivity contribution in [2.45, 2.75) is 50.9 Å². The first-order valence-electron chi connectivity index (χ1n) is 5.88. The van der Waals surface area contributed by atoms with Crippen LogP contribution in [0.5, 0.6) is 0 Å². The highest BCUT2D eigenvalue weighted by Crippen LogP contribution is 2.36. The van der Waals surface area contributed by atoms with Gasteiger partial charge in [-0.15, -0.1) is 6.42 Å². The molecule has 19 heavy (non-hydrogen) atoms. The average molecular weight is 269 g/mol. The highest BCUT2D eigenvalue weighted by Gasteiger charge is 2.57. The molecule has 0 aromatic rings. The molecule has 0 saturated carbocycles. The van der Waals surface area contributed by atoms with E-state index in [-0.39, 0.29) is 13.0 Å². The highest BCUT2D eigenvalue weighted by molar-refractivity contribution is 5.85. The third-order valence-corrected chi connectivity index (χ3v) is 3.00. The molecule has 0 aromatic heterocycles. The number of carbonyl (C=O) groups excluding carboxylic acids is 1. The maximum atomic E-state index is 12.0. The molecule has 2 atom stereocenters. The van der Waals surface area contributed by atoms with Crippen LogP contribution in [0.3, 0.4) is 0 Å². The van der Waals surface area contributed by atoms with E-state index in [1.54, 1.807) is 20.8 Å². The van der Waals surface area contributed by atoms with Gasteiger partial charge in [-0.05, 0) is 27.7 Å². The second-order valence-corrected chi connectivity index (χ2v) is 6.00. The molecule has 1 aliphatic rings. The first-order chi connectivity index (χ1) is 8.43. The lowest BCUT2D eigenvalue weighted by Crippen LogP contribution is -2.52. The summed E-state index contributed by atoms with van der Waals surface area (Å²) >= 11 is 0. The van der Waals surface area contributed by atoms with E-state index in [0.717, 1.165) is 4.90 Å². The molecular weight excluding hydrogens is 250 g/mol. The van der Waals surface area contributed by atoms with Crippen molar-refractivity contribution in [1.82, 2.24) is 4.90 Å². The number of likely N-dealkylation sites (tertiary alicyclic amines) is 1. The van der Waals surface area contributed by atoms with Crippen molar-refractivity contribution in [3.05, 3.63) is 0 Å². The first-order valence-corrected chi connectivity index (χ1v) is 5.88. The summed E-state index contributed by atoms with van der Waals surface area (Å²) in [5, 5.41) is 19.3. The van der Waals surface area contributed by atoms with Crippen molar-refractivity contribution in [3.63, 3.8) is 0 Å². The fraction of sp³-hybridized carbons (Fsp3) is 0.692. The van der Waals surface area contributed by atoms with Crippen molar-refractivity contribution in [3.8, 4) is 12.3 Å². The van der Waals surface area contributed by atoms with Gasteiger partial charge in [-0.25, -0.2) is 9.59 Å². The van der Waals surface area contributed by atoms with Crippen molar-refractivity contribution >= 4 is 12.1 Å². The lowest BCUT2D eigenvalue weighted by molar-refractivity contribution is -0.148.